The maximum absolute atomic E-state index is 12.9. The number of nitrogens with two attached hydrogens (primary N) is 1. The number of hydrogen-bond acceptors (Lipinski definition) is 9. The van der Waals surface area contributed by atoms with Crippen molar-refractivity contribution in [2.45, 2.75) is 26.2 Å². The number of nitrogens with zero attached hydrogens (tertiary/aromatic N) is 9. The van der Waals surface area contributed by atoms with Crippen LogP contribution in [0.15, 0.2) is 33.9 Å². The number of aryl methyl sites for hydroxylation is 2. The standard InChI is InChI=1S/C10H8F3N5O3.C10H10F3N5O/c1-5-7(10(11,12)13)3-6(18(20)21)4-8(5)17-9(19)16(2)14-15-17;1-5-7(10(11,12)13)3-6(14)4-8(5)18-9(19)17(2)15-16-18/h3-4H,1-2H3;3-4H,14H2,1-2H3. The van der Waals surface area contributed by atoms with Crippen LogP contribution in [0, 0.1) is 24.0 Å². The number of halogens is 6. The van der Waals surface area contributed by atoms with E-state index < -0.39 is 45.5 Å². The molecule has 0 amide bonds. The molecule has 2 N–H and O–H groups in total. The third-order valence-corrected chi connectivity index (χ3v) is 5.49. The summed E-state index contributed by atoms with van der Waals surface area (Å²) in [6.07, 6.45) is -9.35. The van der Waals surface area contributed by atoms with E-state index in [0.717, 1.165) is 33.1 Å². The van der Waals surface area contributed by atoms with Gasteiger partial charge in [0.15, 0.2) is 0 Å². The summed E-state index contributed by atoms with van der Waals surface area (Å²) >= 11 is 0. The van der Waals surface area contributed by atoms with Gasteiger partial charge in [-0.15, -0.1) is 0 Å². The number of benzene rings is 2. The Labute approximate surface area is 217 Å². The summed E-state index contributed by atoms with van der Waals surface area (Å²) in [6, 6.07) is 3.34. The molecule has 0 spiro atoms. The molecule has 0 bridgehead atoms. The highest BCUT2D eigenvalue weighted by molar-refractivity contribution is 5.57. The molecule has 0 saturated heterocycles. The van der Waals surface area contributed by atoms with Gasteiger partial charge >= 0.3 is 23.7 Å². The van der Waals surface area contributed by atoms with Crippen LogP contribution in [0.4, 0.5) is 37.7 Å². The Morgan fingerprint density at radius 2 is 1.15 bits per heavy atom. The molecule has 14 nitrogen and oxygen atoms in total. The normalized spacial score (nSPS) is 11.8. The highest BCUT2D eigenvalue weighted by atomic mass is 19.4. The molecule has 4 aromatic rings. The Bertz CT molecular complexity index is 1710. The van der Waals surface area contributed by atoms with Gasteiger partial charge in [-0.2, -0.15) is 45.1 Å². The monoisotopic (exact) mass is 576 g/mol. The Balaban J connectivity index is 0.000000222. The summed E-state index contributed by atoms with van der Waals surface area (Å²) in [4.78, 5) is 33.2. The van der Waals surface area contributed by atoms with E-state index in [-0.39, 0.29) is 28.2 Å². The molecule has 2 heterocycles. The number of nitrogen functional groups attached to an aromatic ring is 1. The zero-order chi connectivity index (χ0) is 30.3. The lowest BCUT2D eigenvalue weighted by atomic mass is 10.1. The molecule has 0 unspecified atom stereocenters. The number of anilines is 1. The van der Waals surface area contributed by atoms with Gasteiger partial charge in [0.25, 0.3) is 5.69 Å². The molecule has 0 aliphatic carbocycles. The predicted octanol–water partition coefficient (Wildman–Crippen LogP) is 2.08. The van der Waals surface area contributed by atoms with Crippen LogP contribution in [-0.2, 0) is 26.4 Å². The molecule has 0 radical (unpaired) electrons. The lowest BCUT2D eigenvalue weighted by molar-refractivity contribution is -0.385. The molecule has 2 aromatic carbocycles. The van der Waals surface area contributed by atoms with Crippen molar-refractivity contribution in [1.82, 2.24) is 39.6 Å². The maximum Gasteiger partial charge on any atom is 0.416 e. The summed E-state index contributed by atoms with van der Waals surface area (Å²) in [5, 5.41) is 24.5. The molecule has 0 saturated carbocycles. The minimum atomic E-state index is -4.79. The number of nitro groups is 1. The van der Waals surface area contributed by atoms with Crippen molar-refractivity contribution in [3.8, 4) is 11.4 Å². The number of rotatable bonds is 3. The maximum atomic E-state index is 12.9. The average molecular weight is 576 g/mol. The van der Waals surface area contributed by atoms with Crippen LogP contribution in [0.1, 0.15) is 22.3 Å². The van der Waals surface area contributed by atoms with Gasteiger partial charge in [0.2, 0.25) is 0 Å². The van der Waals surface area contributed by atoms with Gasteiger partial charge in [-0.3, -0.25) is 10.1 Å². The van der Waals surface area contributed by atoms with Crippen LogP contribution in [0.3, 0.4) is 0 Å². The first-order valence-electron chi connectivity index (χ1n) is 10.7. The third-order valence-electron chi connectivity index (χ3n) is 5.49. The Kier molecular flexibility index (Phi) is 7.57. The first kappa shape index (κ1) is 29.5. The van der Waals surface area contributed by atoms with E-state index in [0.29, 0.717) is 10.7 Å². The van der Waals surface area contributed by atoms with E-state index in [1.165, 1.54) is 27.1 Å². The summed E-state index contributed by atoms with van der Waals surface area (Å²) in [5.74, 6) is 0. The fourth-order valence-electron chi connectivity index (χ4n) is 3.47. The molecule has 0 fully saturated rings. The third kappa shape index (κ3) is 5.68. The van der Waals surface area contributed by atoms with E-state index in [1.807, 2.05) is 0 Å². The largest absolute Gasteiger partial charge is 0.416 e. The van der Waals surface area contributed by atoms with Crippen LogP contribution < -0.4 is 17.1 Å². The van der Waals surface area contributed by atoms with E-state index in [9.17, 15) is 46.0 Å². The summed E-state index contributed by atoms with van der Waals surface area (Å²) in [5.41, 5.74) is 0.119. The molecular formula is C20H18F6N10O4. The van der Waals surface area contributed by atoms with Gasteiger partial charge in [-0.25, -0.2) is 9.59 Å². The SMILES string of the molecule is Cc1c(-n2nnn(C)c2=O)cc(N)cc1C(F)(F)F.Cc1c(-n2nnn(C)c2=O)cc([N+](=O)[O-])cc1C(F)(F)F. The lowest BCUT2D eigenvalue weighted by Gasteiger charge is -2.14. The zero-order valence-electron chi connectivity index (χ0n) is 20.8. The smallest absolute Gasteiger partial charge is 0.399 e. The summed E-state index contributed by atoms with van der Waals surface area (Å²) in [6.45, 7) is 2.35. The Hall–Kier alpha value is -5.04. The van der Waals surface area contributed by atoms with E-state index in [1.54, 1.807) is 0 Å². The average Bonchev–Trinajstić information content (AvgIpc) is 3.34. The van der Waals surface area contributed by atoms with Crippen LogP contribution in [0.5, 0.6) is 0 Å². The molecule has 2 aromatic heterocycles. The highest BCUT2D eigenvalue weighted by Gasteiger charge is 2.36. The number of hydrogen-bond donors (Lipinski definition) is 1. The van der Waals surface area contributed by atoms with Crippen molar-refractivity contribution < 1.29 is 31.3 Å². The van der Waals surface area contributed by atoms with Crippen molar-refractivity contribution in [2.24, 2.45) is 14.1 Å². The van der Waals surface area contributed by atoms with Crippen LogP contribution in [0.2, 0.25) is 0 Å². The topological polar surface area (TPSA) is 175 Å². The van der Waals surface area contributed by atoms with Gasteiger partial charge in [0.1, 0.15) is 0 Å². The van der Waals surface area contributed by atoms with Crippen molar-refractivity contribution in [1.29, 1.82) is 0 Å². The minimum absolute atomic E-state index is 0.0366. The fraction of sp³-hybridized carbons (Fsp3) is 0.300. The second kappa shape index (κ2) is 10.3. The minimum Gasteiger partial charge on any atom is -0.399 e. The fourth-order valence-corrected chi connectivity index (χ4v) is 3.47. The molecule has 20 heteroatoms. The zero-order valence-corrected chi connectivity index (χ0v) is 20.8. The van der Waals surface area contributed by atoms with Crippen molar-refractivity contribution in [3.05, 3.63) is 77.6 Å². The second-order valence-electron chi connectivity index (χ2n) is 8.20. The molecule has 0 aliphatic rings. The molecule has 0 aliphatic heterocycles. The quantitative estimate of drug-likeness (QED) is 0.166. The summed E-state index contributed by atoms with van der Waals surface area (Å²) < 4.78 is 80.4. The predicted molar refractivity (Wildman–Crippen MR) is 124 cm³/mol. The molecule has 40 heavy (non-hydrogen) atoms. The van der Waals surface area contributed by atoms with Gasteiger partial charge in [-0.1, -0.05) is 0 Å². The highest BCUT2D eigenvalue weighted by Crippen LogP contribution is 2.37. The van der Waals surface area contributed by atoms with Gasteiger partial charge in [0, 0.05) is 31.9 Å². The number of nitro benzene ring substituents is 1. The van der Waals surface area contributed by atoms with Crippen LogP contribution in [0.25, 0.3) is 11.4 Å². The summed E-state index contributed by atoms with van der Waals surface area (Å²) in [7, 11) is 2.60. The molecule has 214 valence electrons. The first-order valence-corrected chi connectivity index (χ1v) is 10.7. The number of aromatic nitrogens is 8. The molecule has 4 rings (SSSR count). The van der Waals surface area contributed by atoms with Crippen molar-refractivity contribution in [3.63, 3.8) is 0 Å². The lowest BCUT2D eigenvalue weighted by Crippen LogP contribution is -2.23. The molecular weight excluding hydrogens is 558 g/mol. The molecule has 0 atom stereocenters. The number of non-ortho nitro benzene ring substituents is 1. The van der Waals surface area contributed by atoms with Crippen molar-refractivity contribution in [2.75, 3.05) is 5.73 Å². The number of tetrazole rings is 2. The van der Waals surface area contributed by atoms with Gasteiger partial charge < -0.3 is 5.73 Å². The van der Waals surface area contributed by atoms with E-state index in [4.69, 9.17) is 5.73 Å². The Morgan fingerprint density at radius 1 is 0.750 bits per heavy atom. The number of alkyl halides is 6. The Morgan fingerprint density at radius 3 is 1.50 bits per heavy atom. The van der Waals surface area contributed by atoms with Crippen molar-refractivity contribution >= 4 is 11.4 Å². The van der Waals surface area contributed by atoms with Gasteiger partial charge in [0.05, 0.1) is 27.4 Å². The van der Waals surface area contributed by atoms with Crippen LogP contribution in [-0.4, -0.2) is 44.5 Å². The van der Waals surface area contributed by atoms with Gasteiger partial charge in [-0.05, 0) is 58.0 Å². The van der Waals surface area contributed by atoms with Crippen LogP contribution >= 0.6 is 0 Å². The first-order chi connectivity index (χ1) is 18.3. The van der Waals surface area contributed by atoms with E-state index in [2.05, 4.69) is 20.9 Å². The van der Waals surface area contributed by atoms with E-state index >= 15 is 0 Å². The second-order valence-corrected chi connectivity index (χ2v) is 8.20.